The fourth-order valence-corrected chi connectivity index (χ4v) is 0. The van der Waals surface area contributed by atoms with E-state index in [0.717, 1.165) is 0 Å². The molecule has 7 heteroatoms. The minimum Gasteiger partial charge on any atom is -1.00 e. The van der Waals surface area contributed by atoms with Gasteiger partial charge >= 0.3 is 54.5 Å². The van der Waals surface area contributed by atoms with Gasteiger partial charge < -0.3 is 22.0 Å². The second-order valence-corrected chi connectivity index (χ2v) is 1.80. The largest absolute Gasteiger partial charge is 2.00 e. The van der Waals surface area contributed by atoms with Crippen LogP contribution in [0.2, 0.25) is 0 Å². The Labute approximate surface area is 92.7 Å². The van der Waals surface area contributed by atoms with Crippen LogP contribution < -0.4 is 0 Å². The maximum absolute atomic E-state index is 7.33. The molecule has 0 aliphatic carbocycles. The van der Waals surface area contributed by atoms with Crippen molar-refractivity contribution in [3.05, 3.63) is 0 Å². The summed E-state index contributed by atoms with van der Waals surface area (Å²) in [4.78, 5) is 29.3. The van der Waals surface area contributed by atoms with Gasteiger partial charge in [-0.15, -0.1) is 0 Å². The third kappa shape index (κ3) is 69.4. The number of rotatable bonds is 0. The SMILES string of the molecule is O[Si](O)(O)O.[AlH3].[H-].[H-].[Sr+2]. The minimum atomic E-state index is -4.61. The number of hydrogen-bond acceptors (Lipinski definition) is 4. The van der Waals surface area contributed by atoms with Crippen LogP contribution in [0.3, 0.4) is 0 Å². The van der Waals surface area contributed by atoms with E-state index in [1.54, 1.807) is 0 Å². The summed E-state index contributed by atoms with van der Waals surface area (Å²) in [5.74, 6) is 0. The minimum absolute atomic E-state index is 0. The van der Waals surface area contributed by atoms with E-state index in [0.29, 0.717) is 0 Å². The van der Waals surface area contributed by atoms with Crippen LogP contribution in [-0.4, -0.2) is 91.1 Å². The molecule has 0 saturated heterocycles. The van der Waals surface area contributed by atoms with Crippen molar-refractivity contribution in [3.63, 3.8) is 0 Å². The quantitative estimate of drug-likeness (QED) is 0.311. The van der Waals surface area contributed by atoms with Crippen LogP contribution in [0.5, 0.6) is 0 Å². The molecule has 0 spiro atoms. The molecule has 0 fully saturated rings. The summed E-state index contributed by atoms with van der Waals surface area (Å²) in [7, 11) is -4.61. The van der Waals surface area contributed by atoms with Crippen molar-refractivity contribution in [2.24, 2.45) is 0 Å². The van der Waals surface area contributed by atoms with Crippen molar-refractivity contribution in [1.82, 2.24) is 0 Å². The van der Waals surface area contributed by atoms with Crippen LogP contribution in [0, 0.1) is 0 Å². The van der Waals surface area contributed by atoms with E-state index < -0.39 is 9.05 Å². The zero-order chi connectivity index (χ0) is 4.50. The Morgan fingerprint density at radius 2 is 1.00 bits per heavy atom. The molecule has 0 atom stereocenters. The van der Waals surface area contributed by atoms with Gasteiger partial charge in [-0.3, -0.25) is 0 Å². The first-order chi connectivity index (χ1) is 2.00. The molecule has 0 aromatic rings. The fraction of sp³-hybridized carbons (Fsp3) is 0. The first kappa shape index (κ1) is 16.0. The molecule has 0 heterocycles. The summed E-state index contributed by atoms with van der Waals surface area (Å²) >= 11 is 0. The van der Waals surface area contributed by atoms with Crippen LogP contribution in [0.4, 0.5) is 0 Å². The molecule has 0 aromatic carbocycles. The van der Waals surface area contributed by atoms with E-state index in [1.165, 1.54) is 0 Å². The molecule has 42 valence electrons. The van der Waals surface area contributed by atoms with Gasteiger partial charge in [0, 0.05) is 0 Å². The topological polar surface area (TPSA) is 80.9 Å². The van der Waals surface area contributed by atoms with E-state index in [-0.39, 0.29) is 65.7 Å². The molecule has 0 rings (SSSR count). The average Bonchev–Trinajstić information content (AvgIpc) is 0.722. The van der Waals surface area contributed by atoms with Crippen LogP contribution in [0.1, 0.15) is 2.85 Å². The smallest absolute Gasteiger partial charge is 1.00 e. The fourth-order valence-electron chi connectivity index (χ4n) is 0. The zero-order valence-corrected chi connectivity index (χ0v) is 7.47. The Kier molecular flexibility index (Phi) is 14.2. The van der Waals surface area contributed by atoms with E-state index in [9.17, 15) is 0 Å². The van der Waals surface area contributed by atoms with Crippen LogP contribution in [0.25, 0.3) is 0 Å². The molecule has 0 aliphatic heterocycles. The van der Waals surface area contributed by atoms with Crippen LogP contribution in [-0.2, 0) is 0 Å². The molecule has 0 aliphatic rings. The van der Waals surface area contributed by atoms with Gasteiger partial charge in [0.2, 0.25) is 0 Å². The van der Waals surface area contributed by atoms with Crippen LogP contribution >= 0.6 is 0 Å². The van der Waals surface area contributed by atoms with Crippen molar-refractivity contribution in [3.8, 4) is 0 Å². The first-order valence-electron chi connectivity index (χ1n) is 0.894. The molecule has 4 N–H and O–H groups in total. The Morgan fingerprint density at radius 1 is 1.00 bits per heavy atom. The third-order valence-electron chi connectivity index (χ3n) is 0. The third-order valence-corrected chi connectivity index (χ3v) is 0. The Bertz CT molecular complexity index is 34.0. The van der Waals surface area contributed by atoms with Gasteiger partial charge in [0.1, 0.15) is 0 Å². The molecular formula is H9AlO4SiSr. The predicted molar refractivity (Wildman–Crippen MR) is 32.5 cm³/mol. The molecule has 0 unspecified atom stereocenters. The van der Waals surface area contributed by atoms with Gasteiger partial charge in [0.05, 0.1) is 0 Å². The van der Waals surface area contributed by atoms with Crippen molar-refractivity contribution >= 4 is 71.9 Å². The van der Waals surface area contributed by atoms with Gasteiger partial charge in [0.25, 0.3) is 0 Å². The molecular weight excluding hydrogens is 207 g/mol. The Morgan fingerprint density at radius 3 is 1.00 bits per heavy atom. The first-order valence-corrected chi connectivity index (χ1v) is 2.68. The summed E-state index contributed by atoms with van der Waals surface area (Å²) in [6.45, 7) is 0. The second-order valence-electron chi connectivity index (χ2n) is 0.600. The van der Waals surface area contributed by atoms with Crippen molar-refractivity contribution in [2.75, 3.05) is 0 Å². The monoisotopic (exact) mass is 216 g/mol. The van der Waals surface area contributed by atoms with Crippen molar-refractivity contribution in [2.45, 2.75) is 0 Å². The Balaban J connectivity index is -0.0000000133. The van der Waals surface area contributed by atoms with E-state index in [1.807, 2.05) is 0 Å². The number of hydrogen-bond donors (Lipinski definition) is 4. The summed E-state index contributed by atoms with van der Waals surface area (Å²) in [6.07, 6.45) is 0. The van der Waals surface area contributed by atoms with E-state index in [2.05, 4.69) is 0 Å². The molecule has 0 saturated carbocycles. The van der Waals surface area contributed by atoms with Gasteiger partial charge in [0.15, 0.2) is 17.4 Å². The summed E-state index contributed by atoms with van der Waals surface area (Å²) in [5.41, 5.74) is 0. The van der Waals surface area contributed by atoms with Crippen molar-refractivity contribution in [1.29, 1.82) is 0 Å². The molecule has 4 nitrogen and oxygen atoms in total. The molecule has 0 amide bonds. The van der Waals surface area contributed by atoms with Gasteiger partial charge in [-0.25, -0.2) is 0 Å². The normalized spacial score (nSPS) is 8.57. The standard InChI is InChI=1S/Al.H4O4Si.Sr.5H/c;1-5(2,3)4;;;;;;/h;1-4H;;;;;;/q;;+2;;;;2*-1. The molecule has 0 bridgehead atoms. The zero-order valence-electron chi connectivity index (χ0n) is 5.00. The van der Waals surface area contributed by atoms with Crippen molar-refractivity contribution < 1.29 is 22.0 Å². The van der Waals surface area contributed by atoms with E-state index >= 15 is 0 Å². The van der Waals surface area contributed by atoms with Crippen LogP contribution in [0.15, 0.2) is 0 Å². The maximum atomic E-state index is 7.33. The van der Waals surface area contributed by atoms with Gasteiger partial charge in [-0.1, -0.05) is 0 Å². The maximum Gasteiger partial charge on any atom is 2.00 e. The Hall–Kier alpha value is 2.07. The molecule has 7 heavy (non-hydrogen) atoms. The predicted octanol–water partition coefficient (Wildman–Crippen LogP) is -3.95. The summed E-state index contributed by atoms with van der Waals surface area (Å²) in [5, 5.41) is 0. The molecule has 0 aromatic heterocycles. The van der Waals surface area contributed by atoms with Gasteiger partial charge in [-0.05, 0) is 0 Å². The summed E-state index contributed by atoms with van der Waals surface area (Å²) < 4.78 is 0. The van der Waals surface area contributed by atoms with E-state index in [4.69, 9.17) is 19.2 Å². The van der Waals surface area contributed by atoms with Gasteiger partial charge in [-0.2, -0.15) is 0 Å². The average molecular weight is 216 g/mol. The summed E-state index contributed by atoms with van der Waals surface area (Å²) in [6, 6.07) is 0. The molecule has 0 radical (unpaired) electrons. The second kappa shape index (κ2) is 6.19.